The minimum absolute atomic E-state index is 0.0199. The van der Waals surface area contributed by atoms with Gasteiger partial charge in [-0.05, 0) is 57.8 Å². The number of nitrogens with zero attached hydrogens (tertiary/aromatic N) is 2. The summed E-state index contributed by atoms with van der Waals surface area (Å²) in [4.78, 5) is 7.07. The maximum atomic E-state index is 14.4. The molecule has 4 nitrogen and oxygen atoms in total. The first-order chi connectivity index (χ1) is 10.9. The van der Waals surface area contributed by atoms with Crippen molar-refractivity contribution in [1.29, 1.82) is 0 Å². The van der Waals surface area contributed by atoms with Crippen LogP contribution in [0.25, 0.3) is 0 Å². The molecule has 3 aliphatic heterocycles. The maximum absolute atomic E-state index is 14.4. The lowest BCUT2D eigenvalue weighted by Gasteiger charge is -2.55. The third-order valence-electron chi connectivity index (χ3n) is 5.19. The van der Waals surface area contributed by atoms with Crippen LogP contribution in [0.2, 0.25) is 10.0 Å². The highest BCUT2D eigenvalue weighted by Gasteiger charge is 2.47. The predicted octanol–water partition coefficient (Wildman–Crippen LogP) is 3.73. The van der Waals surface area contributed by atoms with E-state index in [4.69, 9.17) is 23.2 Å². The molecular formula is C16H20Cl2FN3O. The number of hydrogen-bond donors (Lipinski definition) is 2. The number of benzene rings is 1. The average Bonchev–Trinajstić information content (AvgIpc) is 2.54. The van der Waals surface area contributed by atoms with Crippen LogP contribution in [0, 0.1) is 11.7 Å². The van der Waals surface area contributed by atoms with Gasteiger partial charge >= 0.3 is 0 Å². The van der Waals surface area contributed by atoms with E-state index in [0.717, 1.165) is 25.9 Å². The largest absolute Gasteiger partial charge is 0.296 e. The number of halogens is 3. The molecule has 1 atom stereocenters. The number of aliphatic imine (C=N–C) groups is 1. The molecule has 3 fully saturated rings. The van der Waals surface area contributed by atoms with Crippen molar-refractivity contribution in [2.75, 3.05) is 13.1 Å². The Morgan fingerprint density at radius 3 is 2.57 bits per heavy atom. The van der Waals surface area contributed by atoms with Gasteiger partial charge < -0.3 is 0 Å². The van der Waals surface area contributed by atoms with Gasteiger partial charge in [-0.1, -0.05) is 23.2 Å². The molecule has 2 bridgehead atoms. The van der Waals surface area contributed by atoms with Crippen LogP contribution in [0.1, 0.15) is 32.3 Å². The second-order valence-electron chi connectivity index (χ2n) is 6.74. The van der Waals surface area contributed by atoms with Gasteiger partial charge in [0.05, 0.1) is 21.7 Å². The molecule has 0 saturated carbocycles. The van der Waals surface area contributed by atoms with Gasteiger partial charge in [0.15, 0.2) is 11.7 Å². The first-order valence-electron chi connectivity index (χ1n) is 7.73. The summed E-state index contributed by atoms with van der Waals surface area (Å²) in [6, 6.07) is 2.95. The van der Waals surface area contributed by atoms with Crippen LogP contribution in [0.5, 0.6) is 0 Å². The van der Waals surface area contributed by atoms with Crippen molar-refractivity contribution in [2.24, 2.45) is 10.9 Å². The second kappa shape index (κ2) is 6.20. The second-order valence-corrected chi connectivity index (χ2v) is 7.52. The van der Waals surface area contributed by atoms with Crippen molar-refractivity contribution in [3.8, 4) is 0 Å². The minimum Gasteiger partial charge on any atom is -0.296 e. The fraction of sp³-hybridized carbons (Fsp3) is 0.562. The summed E-state index contributed by atoms with van der Waals surface area (Å²) in [6.45, 7) is 6.42. The Hall–Kier alpha value is -0.880. The zero-order valence-corrected chi connectivity index (χ0v) is 14.6. The first-order valence-corrected chi connectivity index (χ1v) is 8.48. The van der Waals surface area contributed by atoms with Crippen molar-refractivity contribution in [1.82, 2.24) is 10.4 Å². The Balaban J connectivity index is 2.01. The van der Waals surface area contributed by atoms with E-state index in [0.29, 0.717) is 5.92 Å². The molecule has 4 rings (SSSR count). The molecule has 0 aromatic heterocycles. The standard InChI is InChI=1S/C16H20Cl2FN3O/c1-16(2)14(9-5-7-22(16)8-6-9)20-15(21-23)10-3-4-11(17)12(18)13(10)19/h3-4,9,14,23H,5-8H2,1-2H3,(H,20,21)/t14-/m1/s1. The van der Waals surface area contributed by atoms with E-state index in [1.165, 1.54) is 12.1 Å². The normalized spacial score (nSPS) is 29.7. The van der Waals surface area contributed by atoms with Crippen LogP contribution < -0.4 is 5.48 Å². The van der Waals surface area contributed by atoms with Gasteiger partial charge in [-0.3, -0.25) is 20.6 Å². The van der Waals surface area contributed by atoms with Gasteiger partial charge in [-0.25, -0.2) is 4.39 Å². The van der Waals surface area contributed by atoms with Crippen LogP contribution in [-0.2, 0) is 0 Å². The van der Waals surface area contributed by atoms with Crippen LogP contribution in [0.3, 0.4) is 0 Å². The van der Waals surface area contributed by atoms with E-state index >= 15 is 0 Å². The monoisotopic (exact) mass is 359 g/mol. The summed E-state index contributed by atoms with van der Waals surface area (Å²) in [5.41, 5.74) is 2.03. The lowest BCUT2D eigenvalue weighted by Crippen LogP contribution is -2.63. The molecular weight excluding hydrogens is 340 g/mol. The lowest BCUT2D eigenvalue weighted by atomic mass is 9.72. The zero-order valence-electron chi connectivity index (χ0n) is 13.1. The lowest BCUT2D eigenvalue weighted by molar-refractivity contribution is -0.0256. The van der Waals surface area contributed by atoms with Gasteiger partial charge in [0.1, 0.15) is 0 Å². The summed E-state index contributed by atoms with van der Waals surface area (Å²) in [6.07, 6.45) is 2.14. The summed E-state index contributed by atoms with van der Waals surface area (Å²) >= 11 is 11.7. The summed E-state index contributed by atoms with van der Waals surface area (Å²) in [7, 11) is 0. The summed E-state index contributed by atoms with van der Waals surface area (Å²) < 4.78 is 14.4. The van der Waals surface area contributed by atoms with E-state index in [9.17, 15) is 9.60 Å². The number of fused-ring (bicyclic) bond motifs is 3. The number of piperidine rings is 3. The Kier molecular flexibility index (Phi) is 4.58. The Bertz CT molecular complexity index is 642. The molecule has 1 aromatic rings. The highest BCUT2D eigenvalue weighted by atomic mass is 35.5. The fourth-order valence-electron chi connectivity index (χ4n) is 3.83. The van der Waals surface area contributed by atoms with Crippen molar-refractivity contribution in [2.45, 2.75) is 38.3 Å². The van der Waals surface area contributed by atoms with Crippen LogP contribution >= 0.6 is 23.2 Å². The van der Waals surface area contributed by atoms with Gasteiger partial charge in [-0.15, -0.1) is 0 Å². The zero-order chi connectivity index (χ0) is 16.8. The number of hydroxylamine groups is 1. The maximum Gasteiger partial charge on any atom is 0.155 e. The summed E-state index contributed by atoms with van der Waals surface area (Å²) in [5.74, 6) is -0.157. The third kappa shape index (κ3) is 2.84. The van der Waals surface area contributed by atoms with Crippen LogP contribution in [-0.4, -0.2) is 40.6 Å². The van der Waals surface area contributed by atoms with E-state index in [1.807, 2.05) is 5.48 Å². The van der Waals surface area contributed by atoms with Crippen LogP contribution in [0.15, 0.2) is 17.1 Å². The van der Waals surface area contributed by atoms with E-state index in [-0.39, 0.29) is 33.0 Å². The van der Waals surface area contributed by atoms with E-state index < -0.39 is 5.82 Å². The van der Waals surface area contributed by atoms with E-state index in [2.05, 4.69) is 23.7 Å². The van der Waals surface area contributed by atoms with Crippen molar-refractivity contribution < 1.29 is 9.60 Å². The first kappa shape index (κ1) is 17.0. The topological polar surface area (TPSA) is 47.9 Å². The molecule has 7 heteroatoms. The van der Waals surface area contributed by atoms with Crippen molar-refractivity contribution >= 4 is 29.0 Å². The molecule has 3 saturated heterocycles. The Labute approximate surface area is 145 Å². The van der Waals surface area contributed by atoms with Crippen LogP contribution in [0.4, 0.5) is 4.39 Å². The molecule has 0 aliphatic carbocycles. The van der Waals surface area contributed by atoms with Gasteiger partial charge in [0, 0.05) is 5.54 Å². The Morgan fingerprint density at radius 1 is 1.35 bits per heavy atom. The highest BCUT2D eigenvalue weighted by Crippen LogP contribution is 2.41. The van der Waals surface area contributed by atoms with E-state index in [1.54, 1.807) is 0 Å². The van der Waals surface area contributed by atoms with Gasteiger partial charge in [0.2, 0.25) is 0 Å². The fourth-order valence-corrected chi connectivity index (χ4v) is 4.14. The average molecular weight is 360 g/mol. The molecule has 126 valence electrons. The SMILES string of the molecule is CC1(C)[C@H](N=C(NO)c2ccc(Cl)c(Cl)c2F)C2CCN1CC2. The van der Waals surface area contributed by atoms with Gasteiger partial charge in [0.25, 0.3) is 0 Å². The highest BCUT2D eigenvalue weighted by molar-refractivity contribution is 6.42. The third-order valence-corrected chi connectivity index (χ3v) is 5.97. The molecule has 23 heavy (non-hydrogen) atoms. The van der Waals surface area contributed by atoms with Crippen molar-refractivity contribution in [3.05, 3.63) is 33.6 Å². The Morgan fingerprint density at radius 2 is 2.00 bits per heavy atom. The van der Waals surface area contributed by atoms with Crippen molar-refractivity contribution in [3.63, 3.8) is 0 Å². The summed E-state index contributed by atoms with van der Waals surface area (Å²) in [5, 5.41) is 9.46. The number of nitrogens with one attached hydrogen (secondary N) is 1. The molecule has 0 spiro atoms. The smallest absolute Gasteiger partial charge is 0.155 e. The number of rotatable bonds is 2. The molecule has 3 aliphatic rings. The number of hydrogen-bond acceptors (Lipinski definition) is 3. The molecule has 0 unspecified atom stereocenters. The molecule has 1 aromatic carbocycles. The minimum atomic E-state index is -0.682. The molecule has 2 N–H and O–H groups in total. The number of amidine groups is 1. The predicted molar refractivity (Wildman–Crippen MR) is 90.0 cm³/mol. The molecule has 0 amide bonds. The molecule has 3 heterocycles. The quantitative estimate of drug-likeness (QED) is 0.366. The van der Waals surface area contributed by atoms with Gasteiger partial charge in [-0.2, -0.15) is 0 Å². The molecule has 0 radical (unpaired) electrons.